The molecular weight excluding hydrogens is 316 g/mol. The predicted molar refractivity (Wildman–Crippen MR) is 97.4 cm³/mol. The molecule has 3 rings (SSSR count). The summed E-state index contributed by atoms with van der Waals surface area (Å²) in [6, 6.07) is 0. The maximum atomic E-state index is 12.8. The van der Waals surface area contributed by atoms with E-state index in [0.717, 1.165) is 64.2 Å². The molecule has 1 amide bonds. The van der Waals surface area contributed by atoms with Crippen molar-refractivity contribution in [3.8, 4) is 0 Å². The Kier molecular flexibility index (Phi) is 6.12. The van der Waals surface area contributed by atoms with Gasteiger partial charge in [-0.3, -0.25) is 14.4 Å². The number of aromatic nitrogens is 2. The normalized spacial score (nSPS) is 22.4. The van der Waals surface area contributed by atoms with Crippen molar-refractivity contribution in [2.45, 2.75) is 53.1 Å². The second-order valence-electron chi connectivity index (χ2n) is 7.38. The number of hydrogen-bond donors (Lipinski definition) is 0. The van der Waals surface area contributed by atoms with Gasteiger partial charge < -0.3 is 9.64 Å². The van der Waals surface area contributed by atoms with Gasteiger partial charge in [0.1, 0.15) is 0 Å². The third kappa shape index (κ3) is 4.23. The standard InChI is InChI=1S/C19H32N4O2/c1-4-7-23-16(3)18(15(2)20-23)14-21-8-5-6-17(13-21)19(24)22-9-11-25-12-10-22/h17H,4-14H2,1-3H3. The number of carbonyl (C=O) groups is 1. The van der Waals surface area contributed by atoms with Crippen LogP contribution < -0.4 is 0 Å². The lowest BCUT2D eigenvalue weighted by Gasteiger charge is -2.36. The van der Waals surface area contributed by atoms with Crippen molar-refractivity contribution >= 4 is 5.91 Å². The van der Waals surface area contributed by atoms with Crippen LogP contribution in [0.1, 0.15) is 43.1 Å². The molecule has 140 valence electrons. The highest BCUT2D eigenvalue weighted by Crippen LogP contribution is 2.23. The number of carbonyl (C=O) groups excluding carboxylic acids is 1. The van der Waals surface area contributed by atoms with E-state index in [1.165, 1.54) is 11.3 Å². The number of hydrogen-bond acceptors (Lipinski definition) is 4. The molecule has 2 aliphatic heterocycles. The summed E-state index contributed by atoms with van der Waals surface area (Å²) in [6.07, 6.45) is 3.21. The number of nitrogens with zero attached hydrogens (tertiary/aromatic N) is 4. The van der Waals surface area contributed by atoms with E-state index in [2.05, 4.69) is 30.4 Å². The molecule has 0 radical (unpaired) electrons. The van der Waals surface area contributed by atoms with Gasteiger partial charge in [-0.15, -0.1) is 0 Å². The van der Waals surface area contributed by atoms with E-state index in [9.17, 15) is 4.79 Å². The van der Waals surface area contributed by atoms with E-state index >= 15 is 0 Å². The van der Waals surface area contributed by atoms with Crippen LogP contribution >= 0.6 is 0 Å². The van der Waals surface area contributed by atoms with Gasteiger partial charge in [-0.05, 0) is 39.7 Å². The molecule has 1 atom stereocenters. The molecule has 1 unspecified atom stereocenters. The Morgan fingerprint density at radius 3 is 2.72 bits per heavy atom. The molecule has 0 aliphatic carbocycles. The topological polar surface area (TPSA) is 50.6 Å². The molecule has 25 heavy (non-hydrogen) atoms. The predicted octanol–water partition coefficient (Wildman–Crippen LogP) is 1.98. The van der Waals surface area contributed by atoms with E-state index < -0.39 is 0 Å². The van der Waals surface area contributed by atoms with Gasteiger partial charge in [-0.25, -0.2) is 0 Å². The lowest BCUT2D eigenvalue weighted by atomic mass is 9.95. The summed E-state index contributed by atoms with van der Waals surface area (Å²) in [7, 11) is 0. The SMILES string of the molecule is CCCn1nc(C)c(CN2CCCC(C(=O)N3CCOCC3)C2)c1C. The summed E-state index contributed by atoms with van der Waals surface area (Å²) < 4.78 is 7.50. The number of amides is 1. The zero-order valence-electron chi connectivity index (χ0n) is 16.0. The highest BCUT2D eigenvalue weighted by atomic mass is 16.5. The fourth-order valence-electron chi connectivity index (χ4n) is 4.06. The Hall–Kier alpha value is -1.40. The summed E-state index contributed by atoms with van der Waals surface area (Å²) >= 11 is 0. The summed E-state index contributed by atoms with van der Waals surface area (Å²) in [5.41, 5.74) is 3.75. The maximum absolute atomic E-state index is 12.8. The molecule has 2 aliphatic rings. The molecular formula is C19H32N4O2. The van der Waals surface area contributed by atoms with Crippen molar-refractivity contribution in [3.05, 3.63) is 17.0 Å². The number of rotatable bonds is 5. The number of likely N-dealkylation sites (tertiary alicyclic amines) is 1. The molecule has 1 aromatic heterocycles. The number of piperidine rings is 1. The molecule has 3 heterocycles. The van der Waals surface area contributed by atoms with Crippen LogP contribution in [0.3, 0.4) is 0 Å². The van der Waals surface area contributed by atoms with E-state index in [-0.39, 0.29) is 5.92 Å². The van der Waals surface area contributed by atoms with Crippen LogP contribution in [-0.4, -0.2) is 64.9 Å². The van der Waals surface area contributed by atoms with Crippen LogP contribution in [0.4, 0.5) is 0 Å². The second-order valence-corrected chi connectivity index (χ2v) is 7.38. The van der Waals surface area contributed by atoms with Crippen LogP contribution in [0.25, 0.3) is 0 Å². The molecule has 0 N–H and O–H groups in total. The smallest absolute Gasteiger partial charge is 0.227 e. The Morgan fingerprint density at radius 2 is 2.00 bits per heavy atom. The lowest BCUT2D eigenvalue weighted by Crippen LogP contribution is -2.48. The molecule has 6 nitrogen and oxygen atoms in total. The largest absolute Gasteiger partial charge is 0.378 e. The van der Waals surface area contributed by atoms with Crippen molar-refractivity contribution in [2.24, 2.45) is 5.92 Å². The van der Waals surface area contributed by atoms with Crippen LogP contribution in [0.5, 0.6) is 0 Å². The molecule has 0 spiro atoms. The fraction of sp³-hybridized carbons (Fsp3) is 0.789. The molecule has 0 bridgehead atoms. The van der Waals surface area contributed by atoms with Crippen LogP contribution in [0.15, 0.2) is 0 Å². The van der Waals surface area contributed by atoms with Crippen LogP contribution in [0, 0.1) is 19.8 Å². The summed E-state index contributed by atoms with van der Waals surface area (Å²) in [5, 5.41) is 4.69. The molecule has 0 aromatic carbocycles. The zero-order chi connectivity index (χ0) is 17.8. The third-order valence-corrected chi connectivity index (χ3v) is 5.53. The minimum Gasteiger partial charge on any atom is -0.378 e. The first-order valence-corrected chi connectivity index (χ1v) is 9.72. The average Bonchev–Trinajstić information content (AvgIpc) is 2.90. The van der Waals surface area contributed by atoms with E-state index in [4.69, 9.17) is 9.84 Å². The number of aryl methyl sites for hydroxylation is 2. The van der Waals surface area contributed by atoms with Crippen molar-refractivity contribution in [3.63, 3.8) is 0 Å². The molecule has 0 saturated carbocycles. The highest BCUT2D eigenvalue weighted by molar-refractivity contribution is 5.79. The Balaban J connectivity index is 1.63. The molecule has 1 aromatic rings. The second kappa shape index (κ2) is 8.32. The highest BCUT2D eigenvalue weighted by Gasteiger charge is 2.30. The van der Waals surface area contributed by atoms with Crippen molar-refractivity contribution in [1.29, 1.82) is 0 Å². The van der Waals surface area contributed by atoms with Crippen LogP contribution in [-0.2, 0) is 22.6 Å². The first-order valence-electron chi connectivity index (χ1n) is 9.72. The maximum Gasteiger partial charge on any atom is 0.227 e. The van der Waals surface area contributed by atoms with Crippen molar-refractivity contribution in [1.82, 2.24) is 19.6 Å². The molecule has 2 fully saturated rings. The van der Waals surface area contributed by atoms with Gasteiger partial charge in [0.25, 0.3) is 0 Å². The lowest BCUT2D eigenvalue weighted by molar-refractivity contribution is -0.141. The number of morpholine rings is 1. The Bertz CT molecular complexity index is 592. The first kappa shape index (κ1) is 18.4. The van der Waals surface area contributed by atoms with E-state index in [1.54, 1.807) is 0 Å². The van der Waals surface area contributed by atoms with Crippen LogP contribution in [0.2, 0.25) is 0 Å². The summed E-state index contributed by atoms with van der Waals surface area (Å²) in [4.78, 5) is 17.2. The van der Waals surface area contributed by atoms with Gasteiger partial charge in [0, 0.05) is 44.0 Å². The van der Waals surface area contributed by atoms with Gasteiger partial charge in [0.15, 0.2) is 0 Å². The van der Waals surface area contributed by atoms with Gasteiger partial charge >= 0.3 is 0 Å². The van der Waals surface area contributed by atoms with Gasteiger partial charge in [0.2, 0.25) is 5.91 Å². The first-order chi connectivity index (χ1) is 12.1. The minimum absolute atomic E-state index is 0.137. The average molecular weight is 348 g/mol. The zero-order valence-corrected chi connectivity index (χ0v) is 16.0. The molecule has 2 saturated heterocycles. The van der Waals surface area contributed by atoms with E-state index in [0.29, 0.717) is 19.1 Å². The van der Waals surface area contributed by atoms with Gasteiger partial charge in [-0.1, -0.05) is 6.92 Å². The number of ether oxygens (including phenoxy) is 1. The van der Waals surface area contributed by atoms with Gasteiger partial charge in [0.05, 0.1) is 24.8 Å². The van der Waals surface area contributed by atoms with Gasteiger partial charge in [-0.2, -0.15) is 5.10 Å². The fourth-order valence-corrected chi connectivity index (χ4v) is 4.06. The molecule has 6 heteroatoms. The third-order valence-electron chi connectivity index (χ3n) is 5.53. The monoisotopic (exact) mass is 348 g/mol. The quantitative estimate of drug-likeness (QED) is 0.816. The summed E-state index contributed by atoms with van der Waals surface area (Å²) in [5.74, 6) is 0.460. The van der Waals surface area contributed by atoms with Crippen molar-refractivity contribution in [2.75, 3.05) is 39.4 Å². The van der Waals surface area contributed by atoms with Crippen molar-refractivity contribution < 1.29 is 9.53 Å². The Labute approximate surface area is 151 Å². The Morgan fingerprint density at radius 1 is 1.24 bits per heavy atom. The van der Waals surface area contributed by atoms with E-state index in [1.807, 2.05) is 4.90 Å². The minimum atomic E-state index is 0.137. The summed E-state index contributed by atoms with van der Waals surface area (Å²) in [6.45, 7) is 13.1.